The molecule has 4 aromatic rings. The van der Waals surface area contributed by atoms with Gasteiger partial charge in [-0.3, -0.25) is 10.1 Å². The number of rotatable bonds is 7. The van der Waals surface area contributed by atoms with Crippen LogP contribution >= 0.6 is 0 Å². The summed E-state index contributed by atoms with van der Waals surface area (Å²) in [6, 6.07) is 28.7. The van der Waals surface area contributed by atoms with Crippen molar-refractivity contribution < 1.29 is 9.59 Å². The minimum Gasteiger partial charge on any atom is -0.336 e. The van der Waals surface area contributed by atoms with Gasteiger partial charge in [-0.25, -0.2) is 9.48 Å². The average Bonchev–Trinajstić information content (AvgIpc) is 3.56. The highest BCUT2D eigenvalue weighted by Crippen LogP contribution is 2.41. The van der Waals surface area contributed by atoms with E-state index in [1.165, 1.54) is 11.1 Å². The molecule has 7 heteroatoms. The average molecular weight is 604 g/mol. The molecular weight excluding hydrogens is 558 g/mol. The van der Waals surface area contributed by atoms with Gasteiger partial charge in [0.05, 0.1) is 17.3 Å². The third kappa shape index (κ3) is 6.82. The van der Waals surface area contributed by atoms with Gasteiger partial charge >= 0.3 is 6.03 Å². The minimum atomic E-state index is -0.310. The first-order chi connectivity index (χ1) is 21.5. The molecule has 7 nitrogen and oxygen atoms in total. The van der Waals surface area contributed by atoms with Crippen LogP contribution in [-0.2, 0) is 16.6 Å². The van der Waals surface area contributed by atoms with E-state index in [4.69, 9.17) is 5.10 Å². The molecule has 3 atom stereocenters. The van der Waals surface area contributed by atoms with E-state index in [2.05, 4.69) is 67.5 Å². The van der Waals surface area contributed by atoms with Crippen LogP contribution in [0.25, 0.3) is 5.69 Å². The number of piperidine rings is 1. The van der Waals surface area contributed by atoms with Crippen LogP contribution in [0, 0.1) is 12.8 Å². The van der Waals surface area contributed by atoms with Crippen molar-refractivity contribution in [3.8, 4) is 5.69 Å². The first kappa shape index (κ1) is 30.6. The Morgan fingerprint density at radius 2 is 1.53 bits per heavy atom. The topological polar surface area (TPSA) is 79.3 Å². The van der Waals surface area contributed by atoms with Crippen LogP contribution in [0.2, 0.25) is 0 Å². The normalized spacial score (nSPS) is 20.1. The summed E-state index contributed by atoms with van der Waals surface area (Å²) in [5, 5.41) is 10.8. The number of carbonyl (C=O) groups excluding carboxylic acids is 2. The molecule has 0 spiro atoms. The standard InChI is InChI=1S/C38H45N5O2/c1-25-11-17-31(18-12-25)43-35(24-34(41-43)38(3,4)5)40-37(45)39-30-15-13-27(14-16-30)21-28-22-32-19-20-33(23-28)42(32)36(44)26(2)29-9-7-6-8-10-29/h6-18,24,26,28,32-33H,19-23H2,1-5H3,(H2,39,40,45). The van der Waals surface area contributed by atoms with E-state index in [-0.39, 0.29) is 23.3 Å². The van der Waals surface area contributed by atoms with Crippen LogP contribution < -0.4 is 10.6 Å². The van der Waals surface area contributed by atoms with Gasteiger partial charge in [-0.2, -0.15) is 5.10 Å². The monoisotopic (exact) mass is 603 g/mol. The van der Waals surface area contributed by atoms with E-state index in [9.17, 15) is 9.59 Å². The summed E-state index contributed by atoms with van der Waals surface area (Å²) in [5.41, 5.74) is 5.89. The number of benzene rings is 3. The smallest absolute Gasteiger partial charge is 0.324 e. The number of carbonyl (C=O) groups is 2. The zero-order valence-corrected chi connectivity index (χ0v) is 27.1. The number of amides is 3. The first-order valence-electron chi connectivity index (χ1n) is 16.3. The van der Waals surface area contributed by atoms with E-state index in [0.29, 0.717) is 23.8 Å². The molecule has 6 rings (SSSR count). The number of anilines is 2. The Morgan fingerprint density at radius 1 is 0.889 bits per heavy atom. The molecule has 234 valence electrons. The third-order valence-electron chi connectivity index (χ3n) is 9.49. The van der Waals surface area contributed by atoms with Crippen LogP contribution in [0.4, 0.5) is 16.3 Å². The van der Waals surface area contributed by atoms with Crippen molar-refractivity contribution in [3.63, 3.8) is 0 Å². The molecular formula is C38H45N5O2. The highest BCUT2D eigenvalue weighted by Gasteiger charge is 2.44. The Morgan fingerprint density at radius 3 is 2.16 bits per heavy atom. The quantitative estimate of drug-likeness (QED) is 0.223. The highest BCUT2D eigenvalue weighted by atomic mass is 16.2. The van der Waals surface area contributed by atoms with Crippen molar-refractivity contribution in [1.29, 1.82) is 0 Å². The lowest BCUT2D eigenvalue weighted by Crippen LogP contribution is -2.48. The van der Waals surface area contributed by atoms with Gasteiger partial charge in [0.2, 0.25) is 5.91 Å². The summed E-state index contributed by atoms with van der Waals surface area (Å²) in [5.74, 6) is 1.35. The molecule has 3 unspecified atom stereocenters. The van der Waals surface area contributed by atoms with E-state index < -0.39 is 0 Å². The lowest BCUT2D eigenvalue weighted by Gasteiger charge is -2.40. The summed E-state index contributed by atoms with van der Waals surface area (Å²) >= 11 is 0. The van der Waals surface area contributed by atoms with Crippen molar-refractivity contribution in [2.24, 2.45) is 5.92 Å². The largest absolute Gasteiger partial charge is 0.336 e. The van der Waals surface area contributed by atoms with Crippen LogP contribution in [0.1, 0.15) is 81.7 Å². The van der Waals surface area contributed by atoms with Gasteiger partial charge < -0.3 is 10.2 Å². The Balaban J connectivity index is 1.06. The summed E-state index contributed by atoms with van der Waals surface area (Å²) < 4.78 is 1.79. The summed E-state index contributed by atoms with van der Waals surface area (Å²) in [6.07, 6.45) is 5.30. The van der Waals surface area contributed by atoms with E-state index in [1.807, 2.05) is 67.6 Å². The fourth-order valence-electron chi connectivity index (χ4n) is 6.98. The van der Waals surface area contributed by atoms with Crippen molar-refractivity contribution in [1.82, 2.24) is 14.7 Å². The van der Waals surface area contributed by atoms with Crippen LogP contribution in [-0.4, -0.2) is 38.7 Å². The molecule has 2 bridgehead atoms. The van der Waals surface area contributed by atoms with Gasteiger partial charge in [0.1, 0.15) is 5.82 Å². The van der Waals surface area contributed by atoms with Gasteiger partial charge in [0.25, 0.3) is 0 Å². The molecule has 3 heterocycles. The Bertz CT molecular complexity index is 1620. The van der Waals surface area contributed by atoms with Crippen molar-refractivity contribution >= 4 is 23.4 Å². The second-order valence-electron chi connectivity index (χ2n) is 14.0. The summed E-state index contributed by atoms with van der Waals surface area (Å²) in [6.45, 7) is 10.4. The number of hydrogen-bond acceptors (Lipinski definition) is 3. The molecule has 1 aromatic heterocycles. The van der Waals surface area contributed by atoms with E-state index in [1.54, 1.807) is 4.68 Å². The number of urea groups is 1. The van der Waals surface area contributed by atoms with Gasteiger partial charge in [0, 0.05) is 29.3 Å². The van der Waals surface area contributed by atoms with Crippen LogP contribution in [0.3, 0.4) is 0 Å². The SMILES string of the molecule is Cc1ccc(-n2nc(C(C)(C)C)cc2NC(=O)Nc2ccc(CC3CC4CCC(C3)N4C(=O)C(C)c3ccccc3)cc2)cc1. The molecule has 2 saturated heterocycles. The Kier molecular flexibility index (Phi) is 8.54. The molecule has 2 fully saturated rings. The Labute approximate surface area is 267 Å². The van der Waals surface area contributed by atoms with Gasteiger partial charge in [-0.05, 0) is 87.3 Å². The zero-order valence-electron chi connectivity index (χ0n) is 27.1. The Hall–Kier alpha value is -4.39. The molecule has 2 N–H and O–H groups in total. The molecule has 0 saturated carbocycles. The minimum absolute atomic E-state index is 0.105. The number of nitrogens with one attached hydrogen (secondary N) is 2. The van der Waals surface area contributed by atoms with Crippen molar-refractivity contribution in [3.05, 3.63) is 107 Å². The number of fused-ring (bicyclic) bond motifs is 2. The fraction of sp³-hybridized carbons (Fsp3) is 0.395. The fourth-order valence-corrected chi connectivity index (χ4v) is 6.98. The number of aromatic nitrogens is 2. The first-order valence-corrected chi connectivity index (χ1v) is 16.3. The lowest BCUT2D eigenvalue weighted by molar-refractivity contribution is -0.137. The second-order valence-corrected chi connectivity index (χ2v) is 14.0. The molecule has 3 amide bonds. The van der Waals surface area contributed by atoms with Crippen LogP contribution in [0.15, 0.2) is 84.9 Å². The lowest BCUT2D eigenvalue weighted by atomic mass is 9.85. The summed E-state index contributed by atoms with van der Waals surface area (Å²) in [4.78, 5) is 28.8. The third-order valence-corrected chi connectivity index (χ3v) is 9.49. The number of hydrogen-bond donors (Lipinski definition) is 2. The van der Waals surface area contributed by atoms with Crippen molar-refractivity contribution in [2.75, 3.05) is 10.6 Å². The predicted octanol–water partition coefficient (Wildman–Crippen LogP) is 8.24. The van der Waals surface area contributed by atoms with Crippen LogP contribution in [0.5, 0.6) is 0 Å². The van der Waals surface area contributed by atoms with Gasteiger partial charge in [0.15, 0.2) is 0 Å². The molecule has 2 aliphatic heterocycles. The number of nitrogens with zero attached hydrogens (tertiary/aromatic N) is 3. The van der Waals surface area contributed by atoms with E-state index >= 15 is 0 Å². The van der Waals surface area contributed by atoms with E-state index in [0.717, 1.165) is 54.7 Å². The maximum absolute atomic E-state index is 13.5. The molecule has 2 aliphatic rings. The highest BCUT2D eigenvalue weighted by molar-refractivity contribution is 5.99. The maximum Gasteiger partial charge on any atom is 0.324 e. The molecule has 3 aromatic carbocycles. The van der Waals surface area contributed by atoms with Gasteiger partial charge in [-0.1, -0.05) is 80.9 Å². The zero-order chi connectivity index (χ0) is 31.7. The maximum atomic E-state index is 13.5. The van der Waals surface area contributed by atoms with Crippen molar-refractivity contribution in [2.45, 2.75) is 90.1 Å². The van der Waals surface area contributed by atoms with Gasteiger partial charge in [-0.15, -0.1) is 0 Å². The molecule has 0 radical (unpaired) electrons. The predicted molar refractivity (Wildman–Crippen MR) is 181 cm³/mol. The number of aryl methyl sites for hydroxylation is 1. The molecule has 0 aliphatic carbocycles. The molecule has 45 heavy (non-hydrogen) atoms. The summed E-state index contributed by atoms with van der Waals surface area (Å²) in [7, 11) is 0. The second kappa shape index (κ2) is 12.5.